The van der Waals surface area contributed by atoms with Gasteiger partial charge in [0, 0.05) is 43.8 Å². The summed E-state index contributed by atoms with van der Waals surface area (Å²) in [6.45, 7) is 0.848. The first-order chi connectivity index (χ1) is 15.0. The topological polar surface area (TPSA) is 79.9 Å². The van der Waals surface area contributed by atoms with Crippen molar-refractivity contribution in [1.82, 2.24) is 10.2 Å². The molecule has 7 heteroatoms. The Morgan fingerprint density at radius 1 is 1.00 bits per heavy atom. The molecule has 1 aliphatic heterocycles. The molecule has 2 amide bonds. The summed E-state index contributed by atoms with van der Waals surface area (Å²) in [5.41, 5.74) is 2.34. The average molecular weight is 424 g/mol. The maximum absolute atomic E-state index is 12.5. The van der Waals surface area contributed by atoms with Gasteiger partial charge in [0.2, 0.25) is 5.91 Å². The number of carbonyl (C=O) groups is 2. The fraction of sp³-hybridized carbons (Fsp3) is 0.417. The summed E-state index contributed by atoms with van der Waals surface area (Å²) in [5.74, 6) is 0.714. The molecule has 2 aliphatic rings. The maximum atomic E-state index is 12.5. The van der Waals surface area contributed by atoms with E-state index in [4.69, 9.17) is 9.47 Å². The number of amides is 2. The summed E-state index contributed by atoms with van der Waals surface area (Å²) >= 11 is 0. The van der Waals surface area contributed by atoms with Crippen LogP contribution >= 0.6 is 0 Å². The zero-order chi connectivity index (χ0) is 21.8. The van der Waals surface area contributed by atoms with Crippen LogP contribution in [-0.2, 0) is 11.3 Å². The highest BCUT2D eigenvalue weighted by atomic mass is 16.7. The van der Waals surface area contributed by atoms with E-state index >= 15 is 0 Å². The van der Waals surface area contributed by atoms with Crippen LogP contribution in [0.2, 0.25) is 0 Å². The smallest absolute Gasteiger partial charge is 0.251 e. The van der Waals surface area contributed by atoms with E-state index in [2.05, 4.69) is 10.6 Å². The van der Waals surface area contributed by atoms with Gasteiger partial charge in [0.05, 0.1) is 6.54 Å². The van der Waals surface area contributed by atoms with Gasteiger partial charge in [-0.05, 0) is 49.7 Å². The monoisotopic (exact) mass is 423 g/mol. The summed E-state index contributed by atoms with van der Waals surface area (Å²) in [7, 11) is 3.50. The highest BCUT2D eigenvalue weighted by Crippen LogP contribution is 2.46. The molecule has 2 N–H and O–H groups in total. The first-order valence-corrected chi connectivity index (χ1v) is 10.8. The number of fused-ring (bicyclic) bond motifs is 1. The second kappa shape index (κ2) is 8.98. The molecule has 1 saturated carbocycles. The molecule has 7 nitrogen and oxygen atoms in total. The van der Waals surface area contributed by atoms with Crippen LogP contribution in [0.5, 0.6) is 11.5 Å². The summed E-state index contributed by atoms with van der Waals surface area (Å²) in [4.78, 5) is 26.1. The number of benzene rings is 2. The van der Waals surface area contributed by atoms with Crippen molar-refractivity contribution >= 4 is 17.5 Å². The van der Waals surface area contributed by atoms with Gasteiger partial charge in [0.15, 0.2) is 11.5 Å². The van der Waals surface area contributed by atoms with Crippen LogP contribution in [0.25, 0.3) is 0 Å². The minimum atomic E-state index is -0.517. The van der Waals surface area contributed by atoms with Crippen LogP contribution in [0.3, 0.4) is 0 Å². The molecule has 4 rings (SSSR count). The summed E-state index contributed by atoms with van der Waals surface area (Å²) in [5, 5.41) is 5.55. The van der Waals surface area contributed by atoms with Crippen molar-refractivity contribution in [2.75, 3.05) is 26.0 Å². The summed E-state index contributed by atoms with van der Waals surface area (Å²) in [6.07, 6.45) is 5.24. The third kappa shape index (κ3) is 4.99. The molecule has 1 aliphatic carbocycles. The Balaban J connectivity index is 1.30. The fourth-order valence-corrected chi connectivity index (χ4v) is 4.19. The molecule has 2 aromatic carbocycles. The minimum absolute atomic E-state index is 0.101. The Kier molecular flexibility index (Phi) is 6.13. The standard InChI is InChI=1S/C24H29N3O4/c1-25-23(29)18-8-6-17(7-9-18)15-27(2)16-22(28)26-19-10-11-20-21(14-19)31-24(30-20)12-4-3-5-13-24/h6-11,14H,3-5,12-13,15-16H2,1-2H3,(H,25,29)(H,26,28). The highest BCUT2D eigenvalue weighted by Gasteiger charge is 2.42. The van der Waals surface area contributed by atoms with E-state index in [0.717, 1.165) is 37.0 Å². The van der Waals surface area contributed by atoms with Gasteiger partial charge in [-0.25, -0.2) is 0 Å². The first-order valence-electron chi connectivity index (χ1n) is 10.8. The second-order valence-corrected chi connectivity index (χ2v) is 8.33. The fourth-order valence-electron chi connectivity index (χ4n) is 4.19. The third-order valence-electron chi connectivity index (χ3n) is 5.74. The molecule has 164 valence electrons. The maximum Gasteiger partial charge on any atom is 0.251 e. The number of hydrogen-bond acceptors (Lipinski definition) is 5. The molecule has 31 heavy (non-hydrogen) atoms. The largest absolute Gasteiger partial charge is 0.448 e. The predicted octanol–water partition coefficient (Wildman–Crippen LogP) is 3.55. The lowest BCUT2D eigenvalue weighted by Gasteiger charge is -2.31. The molecular weight excluding hydrogens is 394 g/mol. The molecule has 0 aromatic heterocycles. The van der Waals surface area contributed by atoms with Gasteiger partial charge in [-0.15, -0.1) is 0 Å². The number of rotatable bonds is 6. The Labute approximate surface area is 182 Å². The Morgan fingerprint density at radius 3 is 2.42 bits per heavy atom. The van der Waals surface area contributed by atoms with Crippen molar-refractivity contribution in [3.8, 4) is 11.5 Å². The van der Waals surface area contributed by atoms with Crippen molar-refractivity contribution in [2.24, 2.45) is 0 Å². The van der Waals surface area contributed by atoms with E-state index in [1.165, 1.54) is 6.42 Å². The van der Waals surface area contributed by atoms with E-state index in [9.17, 15) is 9.59 Å². The van der Waals surface area contributed by atoms with Crippen LogP contribution in [0.1, 0.15) is 48.0 Å². The number of likely N-dealkylation sites (N-methyl/N-ethyl adjacent to an activating group) is 1. The normalized spacial score (nSPS) is 16.4. The van der Waals surface area contributed by atoms with Crippen molar-refractivity contribution in [2.45, 2.75) is 44.4 Å². The molecule has 1 spiro atoms. The number of ether oxygens (including phenoxy) is 2. The molecule has 0 radical (unpaired) electrons. The molecule has 0 atom stereocenters. The van der Waals surface area contributed by atoms with E-state index in [0.29, 0.717) is 23.5 Å². The van der Waals surface area contributed by atoms with Crippen LogP contribution in [0.15, 0.2) is 42.5 Å². The Hall–Kier alpha value is -3.06. The summed E-state index contributed by atoms with van der Waals surface area (Å²) in [6, 6.07) is 12.9. The zero-order valence-electron chi connectivity index (χ0n) is 18.1. The third-order valence-corrected chi connectivity index (χ3v) is 5.74. The lowest BCUT2D eigenvalue weighted by molar-refractivity contribution is -0.117. The van der Waals surface area contributed by atoms with E-state index in [1.54, 1.807) is 19.2 Å². The molecule has 1 fully saturated rings. The van der Waals surface area contributed by atoms with Gasteiger partial charge >= 0.3 is 0 Å². The molecule has 0 saturated heterocycles. The van der Waals surface area contributed by atoms with Gasteiger partial charge in [0.25, 0.3) is 11.7 Å². The quantitative estimate of drug-likeness (QED) is 0.743. The number of anilines is 1. The number of hydrogen-bond donors (Lipinski definition) is 2. The van der Waals surface area contributed by atoms with Gasteiger partial charge < -0.3 is 20.1 Å². The van der Waals surface area contributed by atoms with Crippen molar-refractivity contribution in [3.63, 3.8) is 0 Å². The average Bonchev–Trinajstić information content (AvgIpc) is 3.10. The highest BCUT2D eigenvalue weighted by molar-refractivity contribution is 5.94. The Morgan fingerprint density at radius 2 is 1.71 bits per heavy atom. The van der Waals surface area contributed by atoms with Gasteiger partial charge in [0.1, 0.15) is 0 Å². The number of nitrogens with zero attached hydrogens (tertiary/aromatic N) is 1. The Bertz CT molecular complexity index is 952. The zero-order valence-corrected chi connectivity index (χ0v) is 18.1. The molecule has 2 aromatic rings. The SMILES string of the molecule is CNC(=O)c1ccc(CN(C)CC(=O)Nc2ccc3c(c2)OC2(CCCCC2)O3)cc1. The molecule has 0 unspecified atom stereocenters. The van der Waals surface area contributed by atoms with E-state index in [-0.39, 0.29) is 18.4 Å². The van der Waals surface area contributed by atoms with E-state index < -0.39 is 5.79 Å². The molecule has 0 bridgehead atoms. The van der Waals surface area contributed by atoms with Gasteiger partial charge in [-0.3, -0.25) is 14.5 Å². The summed E-state index contributed by atoms with van der Waals surface area (Å²) < 4.78 is 12.2. The first kappa shape index (κ1) is 21.2. The van der Waals surface area contributed by atoms with Gasteiger partial charge in [-0.2, -0.15) is 0 Å². The van der Waals surface area contributed by atoms with Crippen LogP contribution in [-0.4, -0.2) is 43.1 Å². The van der Waals surface area contributed by atoms with Gasteiger partial charge in [-0.1, -0.05) is 18.6 Å². The van der Waals surface area contributed by atoms with Crippen molar-refractivity contribution < 1.29 is 19.1 Å². The van der Waals surface area contributed by atoms with Crippen molar-refractivity contribution in [3.05, 3.63) is 53.6 Å². The lowest BCUT2D eigenvalue weighted by Crippen LogP contribution is -2.40. The minimum Gasteiger partial charge on any atom is -0.448 e. The van der Waals surface area contributed by atoms with Crippen molar-refractivity contribution in [1.29, 1.82) is 0 Å². The van der Waals surface area contributed by atoms with E-state index in [1.807, 2.05) is 42.3 Å². The predicted molar refractivity (Wildman–Crippen MR) is 118 cm³/mol. The van der Waals surface area contributed by atoms with Crippen LogP contribution in [0.4, 0.5) is 5.69 Å². The molecule has 1 heterocycles. The van der Waals surface area contributed by atoms with Crippen LogP contribution < -0.4 is 20.1 Å². The lowest BCUT2D eigenvalue weighted by atomic mass is 9.94. The van der Waals surface area contributed by atoms with Crippen LogP contribution in [0, 0.1) is 0 Å². The number of nitrogens with one attached hydrogen (secondary N) is 2. The number of carbonyl (C=O) groups excluding carboxylic acids is 2. The molecular formula is C24H29N3O4. The second-order valence-electron chi connectivity index (χ2n) is 8.33.